The average Bonchev–Trinajstić information content (AvgIpc) is 3.45. The number of carbonyl (C=O) groups is 2. The fourth-order valence-corrected chi connectivity index (χ4v) is 10.4. The van der Waals surface area contributed by atoms with Crippen molar-refractivity contribution in [2.75, 3.05) is 47.4 Å². The standard InChI is InChI=1S/C22H30N2O2.C15H27NO2.2C12H18.C11H17N/c1-25-17-21-7-3-19(4-8-21)15-23-11-13-24(14-12-23)16-20-5-9-22(10-6-20)18-26-2;1-10(2)9-14(17)12-5-7-13(8-6-12)15(18)16-11(3)4;1-3-6-11-8-5-9-12(10-11)7-4-2;1-3-5-11-7-9-12(6-4-2)10-8-11;1-3-4-10-5-7-11(8-6-10)9-12-2/h3-10H,11-18H2,1-2H3;10-13H,5-9H2,1-4H3,(H,16,18);5,8-10H,3-4,6-7H2,1-2H3;7-10H,3-6H2,1-2H3;5-8,12H,3-4,9H2,1-2H3. The predicted molar refractivity (Wildman–Crippen MR) is 340 cm³/mol. The molecule has 8 heteroatoms. The van der Waals surface area contributed by atoms with Crippen LogP contribution in [0.3, 0.4) is 0 Å². The molecule has 1 aliphatic heterocycles. The Morgan fingerprint density at radius 1 is 0.475 bits per heavy atom. The molecule has 1 saturated heterocycles. The zero-order valence-corrected chi connectivity index (χ0v) is 52.4. The molecule has 2 fully saturated rings. The predicted octanol–water partition coefficient (Wildman–Crippen LogP) is 15.8. The lowest BCUT2D eigenvalue weighted by atomic mass is 9.78. The Bertz CT molecular complexity index is 2120. The monoisotopic (exact) mass is 1090 g/mol. The molecular weight excluding hydrogens is 985 g/mol. The molecule has 2 N–H and O–H groups in total. The molecule has 5 aromatic rings. The largest absolute Gasteiger partial charge is 0.380 e. The van der Waals surface area contributed by atoms with Gasteiger partial charge in [-0.1, -0.05) is 202 Å². The van der Waals surface area contributed by atoms with Crippen molar-refractivity contribution in [1.82, 2.24) is 20.4 Å². The zero-order chi connectivity index (χ0) is 58.3. The van der Waals surface area contributed by atoms with Crippen molar-refractivity contribution in [3.05, 3.63) is 177 Å². The molecular formula is C72H110N4O4. The Kier molecular flexibility index (Phi) is 36.3. The highest BCUT2D eigenvalue weighted by molar-refractivity contribution is 5.82. The zero-order valence-electron chi connectivity index (χ0n) is 52.4. The van der Waals surface area contributed by atoms with Gasteiger partial charge in [0.1, 0.15) is 5.78 Å². The smallest absolute Gasteiger partial charge is 0.223 e. The van der Waals surface area contributed by atoms with E-state index in [4.69, 9.17) is 9.47 Å². The summed E-state index contributed by atoms with van der Waals surface area (Å²) in [5.41, 5.74) is 13.9. The van der Waals surface area contributed by atoms with E-state index in [9.17, 15) is 9.59 Å². The van der Waals surface area contributed by atoms with Crippen LogP contribution in [-0.4, -0.2) is 75.0 Å². The average molecular weight is 1100 g/mol. The van der Waals surface area contributed by atoms with Crippen LogP contribution in [0.25, 0.3) is 0 Å². The van der Waals surface area contributed by atoms with E-state index in [0.29, 0.717) is 31.3 Å². The lowest BCUT2D eigenvalue weighted by Crippen LogP contribution is -2.45. The third-order valence-corrected chi connectivity index (χ3v) is 14.7. The molecule has 1 saturated carbocycles. The normalized spacial score (nSPS) is 15.3. The number of rotatable bonds is 25. The first-order valence-electron chi connectivity index (χ1n) is 31.1. The second kappa shape index (κ2) is 41.9. The molecule has 1 aliphatic carbocycles. The number of aryl methyl sites for hydroxylation is 5. The van der Waals surface area contributed by atoms with Gasteiger partial charge >= 0.3 is 0 Å². The first-order chi connectivity index (χ1) is 38.8. The van der Waals surface area contributed by atoms with Crippen molar-refractivity contribution in [2.24, 2.45) is 17.8 Å². The van der Waals surface area contributed by atoms with Crippen molar-refractivity contribution in [2.45, 2.75) is 198 Å². The van der Waals surface area contributed by atoms with Gasteiger partial charge < -0.3 is 20.1 Å². The molecule has 2 aliphatic rings. The molecule has 0 aromatic heterocycles. The van der Waals surface area contributed by atoms with Crippen LogP contribution < -0.4 is 10.6 Å². The quantitative estimate of drug-likeness (QED) is 0.0602. The van der Waals surface area contributed by atoms with Crippen LogP contribution in [0.5, 0.6) is 0 Å². The summed E-state index contributed by atoms with van der Waals surface area (Å²) in [7, 11) is 5.45. The third kappa shape index (κ3) is 29.7. The van der Waals surface area contributed by atoms with Crippen molar-refractivity contribution in [1.29, 1.82) is 0 Å². The van der Waals surface area contributed by atoms with Crippen LogP contribution in [0.2, 0.25) is 0 Å². The highest BCUT2D eigenvalue weighted by Crippen LogP contribution is 2.31. The van der Waals surface area contributed by atoms with Crippen molar-refractivity contribution in [3.63, 3.8) is 0 Å². The Labute approximate surface area is 488 Å². The lowest BCUT2D eigenvalue weighted by Gasteiger charge is -2.34. The number of methoxy groups -OCH3 is 2. The van der Waals surface area contributed by atoms with E-state index >= 15 is 0 Å². The number of amides is 1. The minimum atomic E-state index is 0.121. The number of hydrogen-bond acceptors (Lipinski definition) is 7. The molecule has 7 rings (SSSR count). The number of piperazine rings is 1. The Morgan fingerprint density at radius 2 is 0.812 bits per heavy atom. The summed E-state index contributed by atoms with van der Waals surface area (Å²) >= 11 is 0. The Morgan fingerprint density at radius 3 is 1.15 bits per heavy atom. The summed E-state index contributed by atoms with van der Waals surface area (Å²) in [4.78, 5) is 28.9. The number of nitrogens with one attached hydrogen (secondary N) is 2. The van der Waals surface area contributed by atoms with Crippen LogP contribution in [0, 0.1) is 17.8 Å². The SMILES string of the molecule is CC(C)CC(=O)C1CCC(C(=O)NC(C)C)CC1.CCCc1ccc(CCC)cc1.CCCc1ccc(CNC)cc1.CCCc1cccc(CCC)c1.COCc1ccc(CN2CCN(Cc3ccc(COC)cc3)CC2)cc1. The number of hydrogen-bond donors (Lipinski definition) is 2. The molecule has 0 unspecified atom stereocenters. The highest BCUT2D eigenvalue weighted by atomic mass is 16.5. The summed E-state index contributed by atoms with van der Waals surface area (Å²) in [5, 5.41) is 6.10. The highest BCUT2D eigenvalue weighted by Gasteiger charge is 2.30. The van der Waals surface area contributed by atoms with E-state index in [-0.39, 0.29) is 23.8 Å². The van der Waals surface area contributed by atoms with Gasteiger partial charge in [0.05, 0.1) is 13.2 Å². The number of ketones is 1. The summed E-state index contributed by atoms with van der Waals surface area (Å²) in [6.07, 6.45) is 16.5. The van der Waals surface area contributed by atoms with Crippen molar-refractivity contribution in [3.8, 4) is 0 Å². The maximum absolute atomic E-state index is 12.0. The van der Waals surface area contributed by atoms with Crippen molar-refractivity contribution < 1.29 is 19.1 Å². The maximum Gasteiger partial charge on any atom is 0.223 e. The molecule has 0 bridgehead atoms. The van der Waals surface area contributed by atoms with Gasteiger partial charge in [-0.2, -0.15) is 0 Å². The molecule has 1 heterocycles. The van der Waals surface area contributed by atoms with Crippen LogP contribution >= 0.6 is 0 Å². The van der Waals surface area contributed by atoms with Crippen LogP contribution in [-0.2, 0) is 84.0 Å². The summed E-state index contributed by atoms with van der Waals surface area (Å²) in [6.45, 7) is 28.2. The third-order valence-electron chi connectivity index (χ3n) is 14.7. The van der Waals surface area contributed by atoms with E-state index < -0.39 is 0 Å². The summed E-state index contributed by atoms with van der Waals surface area (Å²) in [5.74, 6) is 1.33. The van der Waals surface area contributed by atoms with E-state index in [1.165, 1.54) is 120 Å². The molecule has 80 heavy (non-hydrogen) atoms. The summed E-state index contributed by atoms with van der Waals surface area (Å²) < 4.78 is 10.3. The fraction of sp³-hybridized carbons (Fsp3) is 0.556. The lowest BCUT2D eigenvalue weighted by molar-refractivity contribution is -0.130. The number of carbonyl (C=O) groups excluding carboxylic acids is 2. The van der Waals surface area contributed by atoms with Gasteiger partial charge in [0.25, 0.3) is 0 Å². The second-order valence-corrected chi connectivity index (χ2v) is 23.1. The Balaban J connectivity index is 0.000000274. The topological polar surface area (TPSA) is 83.1 Å². The van der Waals surface area contributed by atoms with E-state index in [0.717, 1.165) is 71.5 Å². The van der Waals surface area contributed by atoms with E-state index in [1.807, 2.05) is 20.9 Å². The van der Waals surface area contributed by atoms with Crippen molar-refractivity contribution >= 4 is 11.7 Å². The minimum Gasteiger partial charge on any atom is -0.380 e. The maximum atomic E-state index is 12.0. The molecule has 5 aromatic carbocycles. The second-order valence-electron chi connectivity index (χ2n) is 23.1. The molecule has 0 radical (unpaired) electrons. The van der Waals surface area contributed by atoms with E-state index in [1.54, 1.807) is 14.2 Å². The number of ether oxygens (including phenoxy) is 2. The van der Waals surface area contributed by atoms with Gasteiger partial charge in [0.15, 0.2) is 0 Å². The molecule has 8 nitrogen and oxygen atoms in total. The molecule has 0 atom stereocenters. The summed E-state index contributed by atoms with van der Waals surface area (Å²) in [6, 6.07) is 44.6. The van der Waals surface area contributed by atoms with Crippen LogP contribution in [0.1, 0.15) is 182 Å². The van der Waals surface area contributed by atoms with E-state index in [2.05, 4.69) is 190 Å². The van der Waals surface area contributed by atoms with Crippen LogP contribution in [0.15, 0.2) is 121 Å². The van der Waals surface area contributed by atoms with Gasteiger partial charge in [-0.25, -0.2) is 0 Å². The first-order valence-corrected chi connectivity index (χ1v) is 31.1. The van der Waals surface area contributed by atoms with Gasteiger partial charge in [-0.05, 0) is 140 Å². The molecule has 442 valence electrons. The fourth-order valence-electron chi connectivity index (χ4n) is 10.4. The van der Waals surface area contributed by atoms with Crippen LogP contribution in [0.4, 0.5) is 0 Å². The van der Waals surface area contributed by atoms with Gasteiger partial charge in [-0.3, -0.25) is 19.4 Å². The number of benzene rings is 5. The Hall–Kier alpha value is -4.96. The van der Waals surface area contributed by atoms with Gasteiger partial charge in [0.2, 0.25) is 5.91 Å². The minimum absolute atomic E-state index is 0.121. The number of Topliss-reactive ketones (excluding diaryl/α,β-unsaturated/α-hetero) is 1. The molecule has 1 amide bonds. The molecule has 0 spiro atoms. The van der Waals surface area contributed by atoms with Gasteiger partial charge in [-0.15, -0.1) is 0 Å². The first kappa shape index (κ1) is 69.3. The number of nitrogens with zero attached hydrogens (tertiary/aromatic N) is 2. The van der Waals surface area contributed by atoms with Gasteiger partial charge in [0, 0.05) is 84.3 Å².